The Labute approximate surface area is 103 Å². The fraction of sp³-hybridized carbons (Fsp3) is 0.867. The predicted octanol–water partition coefficient (Wildman–Crippen LogP) is 4.49. The molecule has 0 bridgehead atoms. The molecule has 2 fully saturated rings. The van der Waals surface area contributed by atoms with E-state index in [-0.39, 0.29) is 0 Å². The second-order valence-corrected chi connectivity index (χ2v) is 4.69. The number of hydrogen-bond donors (Lipinski definition) is 0. The molecule has 0 radical (unpaired) electrons. The van der Waals surface area contributed by atoms with Gasteiger partial charge >= 0.3 is 0 Å². The summed E-state index contributed by atoms with van der Waals surface area (Å²) >= 11 is 0. The van der Waals surface area contributed by atoms with E-state index in [4.69, 9.17) is 0 Å². The van der Waals surface area contributed by atoms with Gasteiger partial charge in [-0.05, 0) is 25.2 Å². The summed E-state index contributed by atoms with van der Waals surface area (Å²) in [7, 11) is 0. The molecule has 0 spiro atoms. The fourth-order valence-corrected chi connectivity index (χ4v) is 3.11. The molecular formula is C15H31N. The lowest BCUT2D eigenvalue weighted by Gasteiger charge is -2.29. The highest BCUT2D eigenvalue weighted by Gasteiger charge is 2.46. The Hall–Kier alpha value is -0.300. The first-order chi connectivity index (χ1) is 7.66. The van der Waals surface area contributed by atoms with Gasteiger partial charge in [0, 0.05) is 18.6 Å². The Morgan fingerprint density at radius 3 is 2.31 bits per heavy atom. The summed E-state index contributed by atoms with van der Waals surface area (Å²) in [5.41, 5.74) is 1.97. The molecule has 2 heterocycles. The molecule has 1 nitrogen and oxygen atoms in total. The summed E-state index contributed by atoms with van der Waals surface area (Å²) < 4.78 is 0. The number of fused-ring (bicyclic) bond motifs is 1. The molecule has 0 aromatic carbocycles. The summed E-state index contributed by atoms with van der Waals surface area (Å²) in [6, 6.07) is 0. The van der Waals surface area contributed by atoms with E-state index >= 15 is 0 Å². The van der Waals surface area contributed by atoms with E-state index in [9.17, 15) is 0 Å². The third-order valence-corrected chi connectivity index (χ3v) is 3.58. The third kappa shape index (κ3) is 3.10. The summed E-state index contributed by atoms with van der Waals surface area (Å²) in [4.78, 5) is 2.65. The van der Waals surface area contributed by atoms with E-state index in [1.54, 1.807) is 0 Å². The molecule has 96 valence electrons. The van der Waals surface area contributed by atoms with Gasteiger partial charge < -0.3 is 0 Å². The first-order valence-corrected chi connectivity index (χ1v) is 7.08. The van der Waals surface area contributed by atoms with E-state index in [1.807, 2.05) is 27.7 Å². The average molecular weight is 225 g/mol. The highest BCUT2D eigenvalue weighted by molar-refractivity contribution is 5.17. The van der Waals surface area contributed by atoms with Crippen LogP contribution in [0.25, 0.3) is 0 Å². The standard InChI is InChI=1S/C11H19N.2C2H6/c1-4-11-5-9(2)7-12(11)8-10(3)6-11;2*1-2/h10H,2,4-8H2,1,3H3;2*1-2H3/t10?,11-;;/m1../s1. The first-order valence-electron chi connectivity index (χ1n) is 7.08. The minimum Gasteiger partial charge on any atom is -0.293 e. The van der Waals surface area contributed by atoms with E-state index in [0.29, 0.717) is 5.54 Å². The van der Waals surface area contributed by atoms with Gasteiger partial charge in [-0.3, -0.25) is 4.90 Å². The smallest absolute Gasteiger partial charge is 0.0250 e. The zero-order chi connectivity index (χ0) is 12.8. The van der Waals surface area contributed by atoms with Crippen LogP contribution in [-0.2, 0) is 0 Å². The van der Waals surface area contributed by atoms with Crippen LogP contribution in [0.2, 0.25) is 0 Å². The lowest BCUT2D eigenvalue weighted by Crippen LogP contribution is -2.37. The Morgan fingerprint density at radius 1 is 1.31 bits per heavy atom. The molecule has 0 aromatic rings. The maximum absolute atomic E-state index is 4.11. The molecule has 0 aromatic heterocycles. The van der Waals surface area contributed by atoms with Gasteiger partial charge in [0.05, 0.1) is 0 Å². The largest absolute Gasteiger partial charge is 0.293 e. The Morgan fingerprint density at radius 2 is 1.88 bits per heavy atom. The lowest BCUT2D eigenvalue weighted by molar-refractivity contribution is 0.189. The van der Waals surface area contributed by atoms with Crippen LogP contribution in [0.3, 0.4) is 0 Å². The summed E-state index contributed by atoms with van der Waals surface area (Å²) in [6.45, 7) is 19.3. The molecule has 0 saturated carbocycles. The molecular weight excluding hydrogens is 194 g/mol. The predicted molar refractivity (Wildman–Crippen MR) is 74.8 cm³/mol. The van der Waals surface area contributed by atoms with Gasteiger partial charge in [0.2, 0.25) is 0 Å². The Kier molecular flexibility index (Phi) is 6.98. The SMILES string of the molecule is C=C1CN2CC(C)C[C@@]2(CC)C1.CC.CC. The Balaban J connectivity index is 0.000000509. The monoisotopic (exact) mass is 225 g/mol. The van der Waals surface area contributed by atoms with Gasteiger partial charge in [0.15, 0.2) is 0 Å². The van der Waals surface area contributed by atoms with Gasteiger partial charge in [-0.1, -0.05) is 53.7 Å². The lowest BCUT2D eigenvalue weighted by atomic mass is 9.87. The van der Waals surface area contributed by atoms with Crippen molar-refractivity contribution < 1.29 is 0 Å². The second kappa shape index (κ2) is 7.11. The maximum Gasteiger partial charge on any atom is 0.0250 e. The second-order valence-electron chi connectivity index (χ2n) is 4.69. The summed E-state index contributed by atoms with van der Waals surface area (Å²) in [6.07, 6.45) is 3.95. The highest BCUT2D eigenvalue weighted by Crippen LogP contribution is 2.44. The van der Waals surface area contributed by atoms with Gasteiger partial charge in [-0.2, -0.15) is 0 Å². The summed E-state index contributed by atoms with van der Waals surface area (Å²) in [5, 5.41) is 0. The Bertz CT molecular complexity index is 209. The molecule has 0 N–H and O–H groups in total. The molecule has 2 atom stereocenters. The van der Waals surface area contributed by atoms with E-state index < -0.39 is 0 Å². The molecule has 1 unspecified atom stereocenters. The number of rotatable bonds is 1. The van der Waals surface area contributed by atoms with Gasteiger partial charge in [-0.25, -0.2) is 0 Å². The van der Waals surface area contributed by atoms with Crippen molar-refractivity contribution >= 4 is 0 Å². The average Bonchev–Trinajstić information content (AvgIpc) is 2.75. The molecule has 2 aliphatic heterocycles. The highest BCUT2D eigenvalue weighted by atomic mass is 15.2. The van der Waals surface area contributed by atoms with Crippen LogP contribution in [0.4, 0.5) is 0 Å². The van der Waals surface area contributed by atoms with Crippen LogP contribution in [0.5, 0.6) is 0 Å². The van der Waals surface area contributed by atoms with Crippen molar-refractivity contribution in [2.45, 2.75) is 66.3 Å². The van der Waals surface area contributed by atoms with Crippen molar-refractivity contribution in [2.75, 3.05) is 13.1 Å². The van der Waals surface area contributed by atoms with Gasteiger partial charge in [-0.15, -0.1) is 0 Å². The van der Waals surface area contributed by atoms with Gasteiger partial charge in [0.1, 0.15) is 0 Å². The van der Waals surface area contributed by atoms with Crippen LogP contribution in [0, 0.1) is 5.92 Å². The van der Waals surface area contributed by atoms with Crippen LogP contribution in [0.15, 0.2) is 12.2 Å². The van der Waals surface area contributed by atoms with Crippen LogP contribution in [0.1, 0.15) is 60.8 Å². The van der Waals surface area contributed by atoms with E-state index in [0.717, 1.165) is 12.5 Å². The van der Waals surface area contributed by atoms with Crippen molar-refractivity contribution in [2.24, 2.45) is 5.92 Å². The van der Waals surface area contributed by atoms with Gasteiger partial charge in [0.25, 0.3) is 0 Å². The number of hydrogen-bond acceptors (Lipinski definition) is 1. The zero-order valence-corrected chi connectivity index (χ0v) is 12.3. The van der Waals surface area contributed by atoms with E-state index in [1.165, 1.54) is 31.4 Å². The van der Waals surface area contributed by atoms with Crippen molar-refractivity contribution in [3.05, 3.63) is 12.2 Å². The maximum atomic E-state index is 4.11. The van der Waals surface area contributed by atoms with Crippen LogP contribution >= 0.6 is 0 Å². The molecule has 0 amide bonds. The molecule has 1 heteroatoms. The molecule has 2 saturated heterocycles. The van der Waals surface area contributed by atoms with Crippen molar-refractivity contribution in [1.29, 1.82) is 0 Å². The van der Waals surface area contributed by atoms with E-state index in [2.05, 4.69) is 25.3 Å². The minimum atomic E-state index is 0.524. The molecule has 16 heavy (non-hydrogen) atoms. The van der Waals surface area contributed by atoms with Crippen LogP contribution < -0.4 is 0 Å². The fourth-order valence-electron chi connectivity index (χ4n) is 3.11. The zero-order valence-electron chi connectivity index (χ0n) is 12.3. The van der Waals surface area contributed by atoms with Crippen molar-refractivity contribution in [3.63, 3.8) is 0 Å². The molecule has 2 rings (SSSR count). The molecule has 0 aliphatic carbocycles. The summed E-state index contributed by atoms with van der Waals surface area (Å²) in [5.74, 6) is 0.901. The van der Waals surface area contributed by atoms with Crippen LogP contribution in [-0.4, -0.2) is 23.5 Å². The molecule has 2 aliphatic rings. The quantitative estimate of drug-likeness (QED) is 0.594. The van der Waals surface area contributed by atoms with Crippen molar-refractivity contribution in [3.8, 4) is 0 Å². The topological polar surface area (TPSA) is 3.24 Å². The normalized spacial score (nSPS) is 32.4. The van der Waals surface area contributed by atoms with Crippen molar-refractivity contribution in [1.82, 2.24) is 4.90 Å². The number of nitrogens with zero attached hydrogens (tertiary/aromatic N) is 1. The third-order valence-electron chi connectivity index (χ3n) is 3.58. The minimum absolute atomic E-state index is 0.524. The first kappa shape index (κ1) is 15.7.